The zero-order valence-corrected chi connectivity index (χ0v) is 15.0. The van der Waals surface area contributed by atoms with Gasteiger partial charge < -0.3 is 10.2 Å². The molecular weight excluding hydrogens is 330 g/mol. The maximum atomic E-state index is 5.49. The first-order valence-corrected chi connectivity index (χ1v) is 9.68. The molecular formula is C16H19N3S3. The van der Waals surface area contributed by atoms with Gasteiger partial charge in [-0.3, -0.25) is 0 Å². The summed E-state index contributed by atoms with van der Waals surface area (Å²) in [5.41, 5.74) is 3.43. The molecule has 1 aromatic heterocycles. The fraction of sp³-hybridized carbons (Fsp3) is 0.375. The minimum Gasteiger partial charge on any atom is -0.358 e. The van der Waals surface area contributed by atoms with Crippen molar-refractivity contribution >= 4 is 50.5 Å². The number of likely N-dealkylation sites (tertiary alicyclic amines) is 1. The average molecular weight is 350 g/mol. The molecule has 3 rings (SSSR count). The molecule has 1 aliphatic heterocycles. The van der Waals surface area contributed by atoms with E-state index in [0.29, 0.717) is 0 Å². The fourth-order valence-corrected chi connectivity index (χ4v) is 4.30. The zero-order chi connectivity index (χ0) is 15.4. The number of nitrogens with one attached hydrogen (secondary N) is 1. The third kappa shape index (κ3) is 4.21. The van der Waals surface area contributed by atoms with Gasteiger partial charge in [0.05, 0.1) is 5.69 Å². The van der Waals surface area contributed by atoms with Gasteiger partial charge in [-0.1, -0.05) is 41.7 Å². The highest BCUT2D eigenvalue weighted by atomic mass is 32.2. The molecule has 1 N–H and O–H groups in total. The summed E-state index contributed by atoms with van der Waals surface area (Å²) in [5, 5.41) is 6.39. The molecule has 0 spiro atoms. The number of thioether (sulfide) groups is 1. The van der Waals surface area contributed by atoms with Crippen LogP contribution in [0.15, 0.2) is 29.6 Å². The summed E-state index contributed by atoms with van der Waals surface area (Å²) in [6.07, 6.45) is 2.53. The molecule has 2 heterocycles. The lowest BCUT2D eigenvalue weighted by Crippen LogP contribution is -2.23. The number of anilines is 2. The lowest BCUT2D eigenvalue weighted by Gasteiger charge is -2.16. The first kappa shape index (κ1) is 15.8. The topological polar surface area (TPSA) is 28.2 Å². The van der Waals surface area contributed by atoms with Gasteiger partial charge in [0.1, 0.15) is 4.32 Å². The Morgan fingerprint density at radius 2 is 2.05 bits per heavy atom. The van der Waals surface area contributed by atoms with Gasteiger partial charge in [-0.25, -0.2) is 4.98 Å². The highest BCUT2D eigenvalue weighted by Crippen LogP contribution is 2.25. The number of benzene rings is 1. The summed E-state index contributed by atoms with van der Waals surface area (Å²) >= 11 is 8.85. The summed E-state index contributed by atoms with van der Waals surface area (Å²) < 4.78 is 1.01. The number of aryl methyl sites for hydroxylation is 1. The minimum atomic E-state index is 0.849. The Labute approximate surface area is 145 Å². The Morgan fingerprint density at radius 1 is 1.32 bits per heavy atom. The van der Waals surface area contributed by atoms with Gasteiger partial charge in [-0.05, 0) is 31.9 Å². The van der Waals surface area contributed by atoms with Crippen molar-refractivity contribution < 1.29 is 0 Å². The van der Waals surface area contributed by atoms with Crippen LogP contribution in [0.4, 0.5) is 10.8 Å². The van der Waals surface area contributed by atoms with E-state index in [1.54, 1.807) is 23.1 Å². The Hall–Kier alpha value is -1.11. The second kappa shape index (κ2) is 7.44. The van der Waals surface area contributed by atoms with E-state index in [0.717, 1.165) is 39.7 Å². The lowest BCUT2D eigenvalue weighted by molar-refractivity contribution is 0.539. The predicted octanol–water partition coefficient (Wildman–Crippen LogP) is 4.81. The average Bonchev–Trinajstić information content (AvgIpc) is 3.19. The van der Waals surface area contributed by atoms with Crippen molar-refractivity contribution in [3.05, 3.63) is 40.9 Å². The molecule has 0 saturated carbocycles. The Kier molecular flexibility index (Phi) is 5.33. The monoisotopic (exact) mass is 349 g/mol. The smallest absolute Gasteiger partial charge is 0.187 e. The molecule has 1 fully saturated rings. The van der Waals surface area contributed by atoms with Crippen molar-refractivity contribution in [3.63, 3.8) is 0 Å². The van der Waals surface area contributed by atoms with E-state index in [9.17, 15) is 0 Å². The van der Waals surface area contributed by atoms with Crippen molar-refractivity contribution in [2.75, 3.05) is 18.4 Å². The largest absolute Gasteiger partial charge is 0.358 e. The van der Waals surface area contributed by atoms with Crippen LogP contribution in [-0.4, -0.2) is 27.3 Å². The Balaban J connectivity index is 1.52. The third-order valence-electron chi connectivity index (χ3n) is 3.56. The highest BCUT2D eigenvalue weighted by molar-refractivity contribution is 8.22. The molecule has 0 atom stereocenters. The van der Waals surface area contributed by atoms with E-state index in [-0.39, 0.29) is 0 Å². The summed E-state index contributed by atoms with van der Waals surface area (Å²) in [5.74, 6) is 0.849. The quantitative estimate of drug-likeness (QED) is 0.800. The maximum absolute atomic E-state index is 5.49. The van der Waals surface area contributed by atoms with Gasteiger partial charge in [-0.2, -0.15) is 0 Å². The standard InChI is InChI=1S/C16H19N3S3/c1-12-4-6-13(7-5-12)17-15-18-14(10-21-15)11-22-16(20)19-8-2-3-9-19/h4-7,10H,2-3,8-9,11H2,1H3,(H,17,18). The van der Waals surface area contributed by atoms with Crippen molar-refractivity contribution in [3.8, 4) is 0 Å². The minimum absolute atomic E-state index is 0.849. The molecule has 0 bridgehead atoms. The zero-order valence-electron chi connectivity index (χ0n) is 12.5. The molecule has 0 aliphatic carbocycles. The number of hydrogen-bond acceptors (Lipinski definition) is 5. The van der Waals surface area contributed by atoms with Crippen molar-refractivity contribution in [1.82, 2.24) is 9.88 Å². The third-order valence-corrected chi connectivity index (χ3v) is 5.93. The van der Waals surface area contributed by atoms with Crippen LogP contribution in [0.3, 0.4) is 0 Å². The van der Waals surface area contributed by atoms with Gasteiger partial charge >= 0.3 is 0 Å². The van der Waals surface area contributed by atoms with Crippen LogP contribution >= 0.6 is 35.3 Å². The summed E-state index contributed by atoms with van der Waals surface area (Å²) in [4.78, 5) is 6.94. The molecule has 2 aromatic rings. The Morgan fingerprint density at radius 3 is 2.77 bits per heavy atom. The number of thiocarbonyl (C=S) groups is 1. The number of aromatic nitrogens is 1. The molecule has 0 radical (unpaired) electrons. The molecule has 1 saturated heterocycles. The van der Waals surface area contributed by atoms with E-state index in [4.69, 9.17) is 12.2 Å². The number of nitrogens with zero attached hydrogens (tertiary/aromatic N) is 2. The predicted molar refractivity (Wildman–Crippen MR) is 101 cm³/mol. The molecule has 22 heavy (non-hydrogen) atoms. The lowest BCUT2D eigenvalue weighted by atomic mass is 10.2. The molecule has 1 aromatic carbocycles. The van der Waals surface area contributed by atoms with Gasteiger partial charge in [0.15, 0.2) is 5.13 Å². The van der Waals surface area contributed by atoms with Gasteiger partial charge in [0.2, 0.25) is 0 Å². The summed E-state index contributed by atoms with van der Waals surface area (Å²) in [6, 6.07) is 8.35. The number of rotatable bonds is 4. The fourth-order valence-electron chi connectivity index (χ4n) is 2.32. The van der Waals surface area contributed by atoms with Crippen LogP contribution in [-0.2, 0) is 5.75 Å². The van der Waals surface area contributed by atoms with Crippen LogP contribution in [0.2, 0.25) is 0 Å². The van der Waals surface area contributed by atoms with Crippen LogP contribution < -0.4 is 5.32 Å². The molecule has 0 unspecified atom stereocenters. The molecule has 0 amide bonds. The first-order valence-electron chi connectivity index (χ1n) is 7.40. The van der Waals surface area contributed by atoms with Gasteiger partial charge in [0.25, 0.3) is 0 Å². The highest BCUT2D eigenvalue weighted by Gasteiger charge is 2.15. The van der Waals surface area contributed by atoms with Gasteiger partial charge in [-0.15, -0.1) is 11.3 Å². The van der Waals surface area contributed by atoms with E-state index in [1.807, 2.05) is 0 Å². The maximum Gasteiger partial charge on any atom is 0.187 e. The number of thiazole rings is 1. The van der Waals surface area contributed by atoms with Crippen LogP contribution in [0.25, 0.3) is 0 Å². The summed E-state index contributed by atoms with van der Waals surface area (Å²) in [6.45, 7) is 4.32. The van der Waals surface area contributed by atoms with E-state index < -0.39 is 0 Å². The van der Waals surface area contributed by atoms with Crippen molar-refractivity contribution in [2.45, 2.75) is 25.5 Å². The van der Waals surface area contributed by atoms with Crippen LogP contribution in [0.1, 0.15) is 24.1 Å². The molecule has 3 nitrogen and oxygen atoms in total. The van der Waals surface area contributed by atoms with Crippen molar-refractivity contribution in [2.24, 2.45) is 0 Å². The van der Waals surface area contributed by atoms with Crippen LogP contribution in [0.5, 0.6) is 0 Å². The summed E-state index contributed by atoms with van der Waals surface area (Å²) in [7, 11) is 0. The van der Waals surface area contributed by atoms with Crippen molar-refractivity contribution in [1.29, 1.82) is 0 Å². The van der Waals surface area contributed by atoms with E-state index in [1.165, 1.54) is 18.4 Å². The van der Waals surface area contributed by atoms with Crippen LogP contribution in [0, 0.1) is 6.92 Å². The normalized spacial score (nSPS) is 14.3. The van der Waals surface area contributed by atoms with E-state index >= 15 is 0 Å². The second-order valence-electron chi connectivity index (χ2n) is 5.38. The first-order chi connectivity index (χ1) is 10.7. The molecule has 116 valence electrons. The Bertz CT molecular complexity index is 630. The van der Waals surface area contributed by atoms with Gasteiger partial charge in [0, 0.05) is 29.9 Å². The molecule has 6 heteroatoms. The molecule has 1 aliphatic rings. The van der Waals surface area contributed by atoms with E-state index in [2.05, 4.69) is 51.8 Å². The SMILES string of the molecule is Cc1ccc(Nc2nc(CSC(=S)N3CCCC3)cs2)cc1. The number of hydrogen-bond donors (Lipinski definition) is 1. The second-order valence-corrected chi connectivity index (χ2v) is 7.85.